The fourth-order valence-corrected chi connectivity index (χ4v) is 2.79. The Balaban J connectivity index is 1.56. The van der Waals surface area contributed by atoms with E-state index in [9.17, 15) is 4.79 Å². The first-order valence-electron chi connectivity index (χ1n) is 7.76. The molecule has 24 heavy (non-hydrogen) atoms. The standard InChI is InChI=1S/C19H16N4O/c1-12-3-2-4-16(7-12)22-19-20-10-15(11-21-19)13-5-6-14-9-18(24)23-17(14)8-13/h2-8,10-11H,9H2,1H3,(H,23,24)(H,20,21,22). The van der Waals surface area contributed by atoms with Crippen molar-refractivity contribution >= 4 is 23.2 Å². The van der Waals surface area contributed by atoms with Crippen molar-refractivity contribution < 1.29 is 4.79 Å². The maximum atomic E-state index is 11.4. The Hall–Kier alpha value is -3.21. The number of carbonyl (C=O) groups excluding carboxylic acids is 1. The van der Waals surface area contributed by atoms with Crippen molar-refractivity contribution in [2.24, 2.45) is 0 Å². The first kappa shape index (κ1) is 14.4. The first-order valence-corrected chi connectivity index (χ1v) is 7.76. The molecule has 0 saturated carbocycles. The number of nitrogens with one attached hydrogen (secondary N) is 2. The van der Waals surface area contributed by atoms with Gasteiger partial charge in [-0.25, -0.2) is 9.97 Å². The van der Waals surface area contributed by atoms with E-state index in [4.69, 9.17) is 0 Å². The van der Waals surface area contributed by atoms with Crippen LogP contribution in [0.1, 0.15) is 11.1 Å². The van der Waals surface area contributed by atoms with Crippen LogP contribution in [0.3, 0.4) is 0 Å². The zero-order valence-electron chi connectivity index (χ0n) is 13.2. The van der Waals surface area contributed by atoms with Crippen LogP contribution in [0.15, 0.2) is 54.9 Å². The van der Waals surface area contributed by atoms with Crippen LogP contribution in [-0.4, -0.2) is 15.9 Å². The van der Waals surface area contributed by atoms with Crippen LogP contribution in [0.2, 0.25) is 0 Å². The second-order valence-electron chi connectivity index (χ2n) is 5.89. The molecule has 3 aromatic rings. The summed E-state index contributed by atoms with van der Waals surface area (Å²) in [6, 6.07) is 14.0. The van der Waals surface area contributed by atoms with Gasteiger partial charge in [0, 0.05) is 29.3 Å². The minimum absolute atomic E-state index is 0.0381. The Morgan fingerprint density at radius 2 is 1.88 bits per heavy atom. The van der Waals surface area contributed by atoms with Crippen LogP contribution in [0.5, 0.6) is 0 Å². The molecule has 4 rings (SSSR count). The molecular weight excluding hydrogens is 300 g/mol. The Morgan fingerprint density at radius 3 is 2.67 bits per heavy atom. The Kier molecular flexibility index (Phi) is 3.46. The highest BCUT2D eigenvalue weighted by Crippen LogP contribution is 2.29. The number of hydrogen-bond donors (Lipinski definition) is 2. The average molecular weight is 316 g/mol. The van der Waals surface area contributed by atoms with Gasteiger partial charge in [0.25, 0.3) is 0 Å². The Labute approximate surface area is 139 Å². The summed E-state index contributed by atoms with van der Waals surface area (Å²) in [6.07, 6.45) is 4.01. The molecule has 1 aliphatic rings. The second kappa shape index (κ2) is 5.77. The molecule has 0 spiro atoms. The lowest BCUT2D eigenvalue weighted by Crippen LogP contribution is -2.03. The van der Waals surface area contributed by atoms with Gasteiger partial charge in [-0.3, -0.25) is 4.79 Å². The van der Waals surface area contributed by atoms with E-state index in [-0.39, 0.29) is 5.91 Å². The summed E-state index contributed by atoms with van der Waals surface area (Å²) in [5, 5.41) is 6.06. The monoisotopic (exact) mass is 316 g/mol. The fraction of sp³-hybridized carbons (Fsp3) is 0.105. The van der Waals surface area contributed by atoms with Gasteiger partial charge in [-0.15, -0.1) is 0 Å². The quantitative estimate of drug-likeness (QED) is 0.773. The largest absolute Gasteiger partial charge is 0.326 e. The number of hydrogen-bond acceptors (Lipinski definition) is 4. The van der Waals surface area contributed by atoms with Crippen LogP contribution < -0.4 is 10.6 Å². The molecule has 0 radical (unpaired) electrons. The molecule has 1 aliphatic heterocycles. The van der Waals surface area contributed by atoms with Gasteiger partial charge in [0.2, 0.25) is 11.9 Å². The van der Waals surface area contributed by atoms with Gasteiger partial charge in [-0.1, -0.05) is 24.3 Å². The van der Waals surface area contributed by atoms with Gasteiger partial charge in [0.15, 0.2) is 0 Å². The normalized spacial score (nSPS) is 12.6. The van der Waals surface area contributed by atoms with Crippen molar-refractivity contribution in [3.05, 3.63) is 66.0 Å². The van der Waals surface area contributed by atoms with Gasteiger partial charge in [0.05, 0.1) is 6.42 Å². The third-order valence-electron chi connectivity index (χ3n) is 3.99. The van der Waals surface area contributed by atoms with Gasteiger partial charge in [-0.2, -0.15) is 0 Å². The van der Waals surface area contributed by atoms with Crippen LogP contribution in [0, 0.1) is 6.92 Å². The van der Waals surface area contributed by atoms with Crippen LogP contribution >= 0.6 is 0 Å². The number of benzene rings is 2. The topological polar surface area (TPSA) is 66.9 Å². The lowest BCUT2D eigenvalue weighted by Gasteiger charge is -2.07. The zero-order chi connectivity index (χ0) is 16.5. The highest BCUT2D eigenvalue weighted by atomic mass is 16.1. The molecule has 2 N–H and O–H groups in total. The molecule has 118 valence electrons. The number of anilines is 3. The third-order valence-corrected chi connectivity index (χ3v) is 3.99. The number of aryl methyl sites for hydroxylation is 1. The van der Waals surface area contributed by atoms with Crippen LogP contribution in [0.4, 0.5) is 17.3 Å². The van der Waals surface area contributed by atoms with E-state index < -0.39 is 0 Å². The van der Waals surface area contributed by atoms with Crippen molar-refractivity contribution in [3.63, 3.8) is 0 Å². The highest BCUT2D eigenvalue weighted by Gasteiger charge is 2.17. The Morgan fingerprint density at radius 1 is 1.04 bits per heavy atom. The summed E-state index contributed by atoms with van der Waals surface area (Å²) in [7, 11) is 0. The summed E-state index contributed by atoms with van der Waals surface area (Å²) in [5.41, 5.74) is 5.94. The fourth-order valence-electron chi connectivity index (χ4n) is 2.79. The minimum atomic E-state index is 0.0381. The molecule has 1 aromatic heterocycles. The predicted octanol–water partition coefficient (Wildman–Crippen LogP) is 3.69. The summed E-state index contributed by atoms with van der Waals surface area (Å²) in [5.74, 6) is 0.593. The molecule has 0 fully saturated rings. The van der Waals surface area contributed by atoms with E-state index in [1.54, 1.807) is 12.4 Å². The van der Waals surface area contributed by atoms with Crippen molar-refractivity contribution in [3.8, 4) is 11.1 Å². The zero-order valence-corrected chi connectivity index (χ0v) is 13.2. The summed E-state index contributed by atoms with van der Waals surface area (Å²) in [6.45, 7) is 2.04. The molecule has 2 aromatic carbocycles. The molecule has 2 heterocycles. The number of rotatable bonds is 3. The lowest BCUT2D eigenvalue weighted by atomic mass is 10.1. The minimum Gasteiger partial charge on any atom is -0.326 e. The van der Waals surface area contributed by atoms with Crippen molar-refractivity contribution in [1.29, 1.82) is 0 Å². The van der Waals surface area contributed by atoms with Crippen molar-refractivity contribution in [2.45, 2.75) is 13.3 Å². The maximum Gasteiger partial charge on any atom is 0.228 e. The van der Waals surface area contributed by atoms with E-state index >= 15 is 0 Å². The number of carbonyl (C=O) groups is 1. The van der Waals surface area contributed by atoms with E-state index in [0.29, 0.717) is 12.4 Å². The summed E-state index contributed by atoms with van der Waals surface area (Å²) >= 11 is 0. The first-order chi connectivity index (χ1) is 11.7. The van der Waals surface area contributed by atoms with Crippen molar-refractivity contribution in [2.75, 3.05) is 10.6 Å². The third kappa shape index (κ3) is 2.84. The van der Waals surface area contributed by atoms with Crippen LogP contribution in [0.25, 0.3) is 11.1 Å². The van der Waals surface area contributed by atoms with E-state index in [1.165, 1.54) is 5.56 Å². The van der Waals surface area contributed by atoms with E-state index in [0.717, 1.165) is 28.1 Å². The van der Waals surface area contributed by atoms with E-state index in [2.05, 4.69) is 20.6 Å². The summed E-state index contributed by atoms with van der Waals surface area (Å²) < 4.78 is 0. The molecule has 0 aliphatic carbocycles. The lowest BCUT2D eigenvalue weighted by molar-refractivity contribution is -0.115. The molecule has 5 nitrogen and oxygen atoms in total. The molecule has 5 heteroatoms. The Bertz CT molecular complexity index is 919. The molecule has 1 amide bonds. The number of nitrogens with zero attached hydrogens (tertiary/aromatic N) is 2. The predicted molar refractivity (Wildman–Crippen MR) is 94.3 cm³/mol. The molecule has 0 atom stereocenters. The second-order valence-corrected chi connectivity index (χ2v) is 5.89. The van der Waals surface area contributed by atoms with E-state index in [1.807, 2.05) is 49.4 Å². The van der Waals surface area contributed by atoms with Crippen LogP contribution in [-0.2, 0) is 11.2 Å². The maximum absolute atomic E-state index is 11.4. The molecular formula is C19H16N4O. The number of amides is 1. The van der Waals surface area contributed by atoms with Gasteiger partial charge in [0.1, 0.15) is 0 Å². The average Bonchev–Trinajstić information content (AvgIpc) is 2.95. The van der Waals surface area contributed by atoms with Gasteiger partial charge < -0.3 is 10.6 Å². The smallest absolute Gasteiger partial charge is 0.228 e. The summed E-state index contributed by atoms with van der Waals surface area (Å²) in [4.78, 5) is 20.2. The van der Waals surface area contributed by atoms with Gasteiger partial charge in [-0.05, 0) is 41.8 Å². The van der Waals surface area contributed by atoms with Gasteiger partial charge >= 0.3 is 0 Å². The molecule has 0 saturated heterocycles. The molecule has 0 unspecified atom stereocenters. The SMILES string of the molecule is Cc1cccc(Nc2ncc(-c3ccc4c(c3)NC(=O)C4)cn2)c1. The molecule has 0 bridgehead atoms. The van der Waals surface area contributed by atoms with Crippen molar-refractivity contribution in [1.82, 2.24) is 9.97 Å². The highest BCUT2D eigenvalue weighted by molar-refractivity contribution is 5.99. The number of aromatic nitrogens is 2. The number of fused-ring (bicyclic) bond motifs is 1.